The van der Waals surface area contributed by atoms with Gasteiger partial charge in [0.15, 0.2) is 5.13 Å². The van der Waals surface area contributed by atoms with Crippen LogP contribution in [0.2, 0.25) is 0 Å². The van der Waals surface area contributed by atoms with Crippen molar-refractivity contribution in [3.05, 3.63) is 18.2 Å². The van der Waals surface area contributed by atoms with Crippen LogP contribution in [0.25, 0.3) is 10.2 Å². The third-order valence-corrected chi connectivity index (χ3v) is 4.22. The zero-order valence-corrected chi connectivity index (χ0v) is 12.8. The summed E-state index contributed by atoms with van der Waals surface area (Å²) in [6.45, 7) is 3.23. The van der Waals surface area contributed by atoms with Crippen molar-refractivity contribution in [3.63, 3.8) is 0 Å². The number of anilines is 1. The maximum atomic E-state index is 11.6. The molecular weight excluding hydrogens is 286 g/mol. The van der Waals surface area contributed by atoms with Crippen molar-refractivity contribution in [1.29, 1.82) is 0 Å². The Bertz CT molecular complexity index is 637. The van der Waals surface area contributed by atoms with Crippen molar-refractivity contribution in [3.8, 4) is 5.75 Å². The number of ether oxygens (including phenoxy) is 1. The van der Waals surface area contributed by atoms with Gasteiger partial charge in [0.1, 0.15) is 5.75 Å². The number of aromatic nitrogens is 1. The minimum atomic E-state index is 0.116. The Morgan fingerprint density at radius 1 is 1.48 bits per heavy atom. The molecule has 3 rings (SSSR count). The fourth-order valence-corrected chi connectivity index (χ4v) is 2.97. The fraction of sp³-hybridized carbons (Fsp3) is 0.467. The largest absolute Gasteiger partial charge is 0.494 e. The predicted molar refractivity (Wildman–Crippen MR) is 85.1 cm³/mol. The highest BCUT2D eigenvalue weighted by Crippen LogP contribution is 2.29. The summed E-state index contributed by atoms with van der Waals surface area (Å²) in [6.07, 6.45) is 2.73. The molecule has 2 aromatic rings. The molecular formula is C15H19N3O2S. The fourth-order valence-electron chi connectivity index (χ4n) is 2.05. The zero-order chi connectivity index (χ0) is 14.7. The highest BCUT2D eigenvalue weighted by Gasteiger charge is 2.22. The summed E-state index contributed by atoms with van der Waals surface area (Å²) in [5.74, 6) is 0.980. The topological polar surface area (TPSA) is 63.2 Å². The second-order valence-electron chi connectivity index (χ2n) is 5.10. The number of nitrogens with one attached hydrogen (secondary N) is 2. The standard InChI is InChI=1S/C15H19N3O2S/c1-2-20-11-5-6-12-13(9-11)21-15(18-12)16-8-7-14(19)17-10-3-4-10/h5-6,9-10H,2-4,7-8H2,1H3,(H,16,18)(H,17,19). The maximum Gasteiger partial charge on any atom is 0.221 e. The number of amides is 1. The van der Waals surface area contributed by atoms with Crippen LogP contribution < -0.4 is 15.4 Å². The molecule has 0 atom stereocenters. The van der Waals surface area contributed by atoms with Gasteiger partial charge in [-0.05, 0) is 38.0 Å². The van der Waals surface area contributed by atoms with Gasteiger partial charge in [0.2, 0.25) is 5.91 Å². The molecule has 1 aromatic heterocycles. The van der Waals surface area contributed by atoms with Gasteiger partial charge in [0, 0.05) is 19.0 Å². The number of carbonyl (C=O) groups excluding carboxylic acids is 1. The number of carbonyl (C=O) groups is 1. The molecule has 1 heterocycles. The molecule has 0 radical (unpaired) electrons. The van der Waals surface area contributed by atoms with E-state index in [1.165, 1.54) is 0 Å². The van der Waals surface area contributed by atoms with E-state index in [1.807, 2.05) is 25.1 Å². The van der Waals surface area contributed by atoms with Crippen LogP contribution >= 0.6 is 11.3 Å². The molecule has 1 aromatic carbocycles. The summed E-state index contributed by atoms with van der Waals surface area (Å²) in [5, 5.41) is 7.04. The number of nitrogens with zero attached hydrogens (tertiary/aromatic N) is 1. The van der Waals surface area contributed by atoms with Crippen LogP contribution in [0.15, 0.2) is 18.2 Å². The molecule has 0 spiro atoms. The molecule has 0 bridgehead atoms. The Kier molecular flexibility index (Phi) is 4.24. The third kappa shape index (κ3) is 3.85. The smallest absolute Gasteiger partial charge is 0.221 e. The van der Waals surface area contributed by atoms with Gasteiger partial charge in [-0.1, -0.05) is 11.3 Å². The lowest BCUT2D eigenvalue weighted by Crippen LogP contribution is -2.27. The molecule has 1 aliphatic rings. The van der Waals surface area contributed by atoms with E-state index in [1.54, 1.807) is 11.3 Å². The summed E-state index contributed by atoms with van der Waals surface area (Å²) < 4.78 is 6.57. The average molecular weight is 305 g/mol. The normalized spacial score (nSPS) is 14.1. The number of hydrogen-bond acceptors (Lipinski definition) is 5. The molecule has 21 heavy (non-hydrogen) atoms. The Hall–Kier alpha value is -1.82. The van der Waals surface area contributed by atoms with E-state index in [2.05, 4.69) is 15.6 Å². The van der Waals surface area contributed by atoms with Gasteiger partial charge in [0.25, 0.3) is 0 Å². The lowest BCUT2D eigenvalue weighted by atomic mass is 10.3. The SMILES string of the molecule is CCOc1ccc2nc(NCCC(=O)NC3CC3)sc2c1. The predicted octanol–water partition coefficient (Wildman–Crippen LogP) is 2.78. The highest BCUT2D eigenvalue weighted by molar-refractivity contribution is 7.22. The quantitative estimate of drug-likeness (QED) is 0.825. The molecule has 5 nitrogen and oxygen atoms in total. The van der Waals surface area contributed by atoms with E-state index in [0.29, 0.717) is 25.6 Å². The zero-order valence-electron chi connectivity index (χ0n) is 12.0. The molecule has 0 aliphatic heterocycles. The number of thiazole rings is 1. The minimum Gasteiger partial charge on any atom is -0.494 e. The molecule has 2 N–H and O–H groups in total. The van der Waals surface area contributed by atoms with Crippen molar-refractivity contribution < 1.29 is 9.53 Å². The Morgan fingerprint density at radius 3 is 3.10 bits per heavy atom. The Labute approximate surface area is 127 Å². The molecule has 6 heteroatoms. The first-order chi connectivity index (χ1) is 10.2. The molecule has 0 unspecified atom stereocenters. The molecule has 1 fully saturated rings. The van der Waals surface area contributed by atoms with E-state index in [9.17, 15) is 4.79 Å². The van der Waals surface area contributed by atoms with Crippen molar-refractivity contribution >= 4 is 32.6 Å². The first-order valence-corrected chi connectivity index (χ1v) is 8.13. The van der Waals surface area contributed by atoms with Gasteiger partial charge in [-0.15, -0.1) is 0 Å². The van der Waals surface area contributed by atoms with Crippen LogP contribution in [0.3, 0.4) is 0 Å². The van der Waals surface area contributed by atoms with Crippen molar-refractivity contribution in [1.82, 2.24) is 10.3 Å². The number of rotatable bonds is 7. The van der Waals surface area contributed by atoms with Crippen LogP contribution in [0.5, 0.6) is 5.75 Å². The van der Waals surface area contributed by atoms with Gasteiger partial charge in [0.05, 0.1) is 16.8 Å². The van der Waals surface area contributed by atoms with Gasteiger partial charge in [-0.3, -0.25) is 4.79 Å². The minimum absolute atomic E-state index is 0.116. The van der Waals surface area contributed by atoms with Gasteiger partial charge in [-0.2, -0.15) is 0 Å². The second kappa shape index (κ2) is 6.30. The van der Waals surface area contributed by atoms with Crippen molar-refractivity contribution in [2.75, 3.05) is 18.5 Å². The van der Waals surface area contributed by atoms with Gasteiger partial charge in [-0.25, -0.2) is 4.98 Å². The molecule has 1 amide bonds. The van der Waals surface area contributed by atoms with Crippen LogP contribution in [-0.4, -0.2) is 30.1 Å². The molecule has 1 saturated carbocycles. The molecule has 1 aliphatic carbocycles. The van der Waals surface area contributed by atoms with Crippen molar-refractivity contribution in [2.24, 2.45) is 0 Å². The Balaban J connectivity index is 1.55. The van der Waals surface area contributed by atoms with Crippen LogP contribution in [-0.2, 0) is 4.79 Å². The summed E-state index contributed by atoms with van der Waals surface area (Å²) in [7, 11) is 0. The number of fused-ring (bicyclic) bond motifs is 1. The maximum absolute atomic E-state index is 11.6. The lowest BCUT2D eigenvalue weighted by molar-refractivity contribution is -0.120. The molecule has 0 saturated heterocycles. The van der Waals surface area contributed by atoms with Gasteiger partial charge < -0.3 is 15.4 Å². The highest BCUT2D eigenvalue weighted by atomic mass is 32.1. The second-order valence-corrected chi connectivity index (χ2v) is 6.13. The van der Waals surface area contributed by atoms with Crippen LogP contribution in [0, 0.1) is 0 Å². The monoisotopic (exact) mass is 305 g/mol. The van der Waals surface area contributed by atoms with E-state index in [4.69, 9.17) is 4.74 Å². The third-order valence-electron chi connectivity index (χ3n) is 3.24. The van der Waals surface area contributed by atoms with Gasteiger partial charge >= 0.3 is 0 Å². The van der Waals surface area contributed by atoms with E-state index < -0.39 is 0 Å². The number of hydrogen-bond donors (Lipinski definition) is 2. The lowest BCUT2D eigenvalue weighted by Gasteiger charge is -2.03. The first kappa shape index (κ1) is 14.1. The summed E-state index contributed by atoms with van der Waals surface area (Å²) in [5.41, 5.74) is 0.952. The summed E-state index contributed by atoms with van der Waals surface area (Å²) >= 11 is 1.58. The number of benzene rings is 1. The van der Waals surface area contributed by atoms with Crippen molar-refractivity contribution in [2.45, 2.75) is 32.2 Å². The molecule has 112 valence electrons. The summed E-state index contributed by atoms with van der Waals surface area (Å²) in [6, 6.07) is 6.32. The van der Waals surface area contributed by atoms with E-state index in [0.717, 1.165) is 33.9 Å². The van der Waals surface area contributed by atoms with Crippen LogP contribution in [0.4, 0.5) is 5.13 Å². The average Bonchev–Trinajstić information content (AvgIpc) is 3.16. The Morgan fingerprint density at radius 2 is 2.33 bits per heavy atom. The first-order valence-electron chi connectivity index (χ1n) is 7.31. The summed E-state index contributed by atoms with van der Waals surface area (Å²) in [4.78, 5) is 16.1. The van der Waals surface area contributed by atoms with Crippen LogP contribution in [0.1, 0.15) is 26.2 Å². The van der Waals surface area contributed by atoms with E-state index in [-0.39, 0.29) is 5.91 Å². The van der Waals surface area contributed by atoms with E-state index >= 15 is 0 Å².